The number of hydrogen-bond donors (Lipinski definition) is 1. The zero-order valence-corrected chi connectivity index (χ0v) is 19.5. The summed E-state index contributed by atoms with van der Waals surface area (Å²) in [6.45, 7) is 5.86. The highest BCUT2D eigenvalue weighted by molar-refractivity contribution is 7.92. The lowest BCUT2D eigenvalue weighted by Crippen LogP contribution is -2.30. The molecule has 0 aliphatic rings. The summed E-state index contributed by atoms with van der Waals surface area (Å²) in [6, 6.07) is 17.9. The van der Waals surface area contributed by atoms with Crippen molar-refractivity contribution in [1.82, 2.24) is 0 Å². The third kappa shape index (κ3) is 5.46. The Kier molecular flexibility index (Phi) is 6.72. The summed E-state index contributed by atoms with van der Waals surface area (Å²) in [5.74, 6) is -0.263. The molecule has 3 rings (SSSR count). The van der Waals surface area contributed by atoms with E-state index in [0.29, 0.717) is 22.0 Å². The summed E-state index contributed by atoms with van der Waals surface area (Å²) in [6.07, 6.45) is 1.20. The molecular weight excluding hydrogens is 432 g/mol. The number of benzene rings is 3. The van der Waals surface area contributed by atoms with Crippen LogP contribution in [-0.2, 0) is 16.6 Å². The van der Waals surface area contributed by atoms with Crippen LogP contribution in [0.1, 0.15) is 32.6 Å². The van der Waals surface area contributed by atoms with Crippen molar-refractivity contribution in [2.45, 2.75) is 27.3 Å². The molecule has 0 spiro atoms. The number of halogens is 1. The fourth-order valence-electron chi connectivity index (χ4n) is 3.36. The van der Waals surface area contributed by atoms with E-state index in [0.717, 1.165) is 22.3 Å². The van der Waals surface area contributed by atoms with Crippen LogP contribution in [0.5, 0.6) is 0 Å². The van der Waals surface area contributed by atoms with Crippen molar-refractivity contribution in [3.05, 3.63) is 93.5 Å². The van der Waals surface area contributed by atoms with Crippen molar-refractivity contribution < 1.29 is 13.2 Å². The highest BCUT2D eigenvalue weighted by Crippen LogP contribution is 2.28. The first-order valence-corrected chi connectivity index (χ1v) is 12.0. The minimum atomic E-state index is -3.49. The molecule has 0 atom stereocenters. The lowest BCUT2D eigenvalue weighted by atomic mass is 10.1. The van der Waals surface area contributed by atoms with Crippen LogP contribution in [0.4, 0.5) is 11.4 Å². The van der Waals surface area contributed by atoms with Crippen molar-refractivity contribution >= 4 is 38.9 Å². The van der Waals surface area contributed by atoms with Crippen molar-refractivity contribution in [3.8, 4) is 0 Å². The first-order valence-electron chi connectivity index (χ1n) is 9.76. The Morgan fingerprint density at radius 2 is 1.55 bits per heavy atom. The van der Waals surface area contributed by atoms with Gasteiger partial charge in [0, 0.05) is 16.3 Å². The summed E-state index contributed by atoms with van der Waals surface area (Å²) in [5.41, 5.74) is 5.26. The number of hydrogen-bond acceptors (Lipinski definition) is 3. The summed E-state index contributed by atoms with van der Waals surface area (Å²) in [5, 5.41) is 3.41. The average molecular weight is 457 g/mol. The average Bonchev–Trinajstić information content (AvgIpc) is 2.69. The number of carbonyl (C=O) groups is 1. The third-order valence-corrected chi connectivity index (χ3v) is 6.58. The molecule has 31 heavy (non-hydrogen) atoms. The number of para-hydroxylation sites is 1. The Morgan fingerprint density at radius 3 is 2.10 bits per heavy atom. The van der Waals surface area contributed by atoms with Gasteiger partial charge in [0.15, 0.2) is 0 Å². The van der Waals surface area contributed by atoms with Gasteiger partial charge < -0.3 is 5.32 Å². The van der Waals surface area contributed by atoms with Gasteiger partial charge in [0.2, 0.25) is 10.0 Å². The molecule has 3 aromatic carbocycles. The Balaban J connectivity index is 1.81. The zero-order chi connectivity index (χ0) is 22.8. The number of rotatable bonds is 6. The fourth-order valence-corrected chi connectivity index (χ4v) is 4.55. The number of sulfonamides is 1. The van der Waals surface area contributed by atoms with Crippen LogP contribution >= 0.6 is 11.6 Å². The highest BCUT2D eigenvalue weighted by atomic mass is 35.5. The Morgan fingerprint density at radius 1 is 0.935 bits per heavy atom. The van der Waals surface area contributed by atoms with E-state index in [2.05, 4.69) is 5.32 Å². The molecular formula is C24H25ClN2O3S. The summed E-state index contributed by atoms with van der Waals surface area (Å²) < 4.78 is 26.4. The van der Waals surface area contributed by atoms with E-state index in [4.69, 9.17) is 11.6 Å². The third-order valence-electron chi connectivity index (χ3n) is 5.06. The standard InChI is InChI=1S/C24H25ClN2O3S/c1-16-8-13-21(14-22(16)25)26-24(28)20-11-9-19(10-12-20)15-27(31(4,29)30)23-17(2)6-5-7-18(23)3/h5-14H,15H2,1-4H3,(H,26,28). The largest absolute Gasteiger partial charge is 0.322 e. The van der Waals surface area contributed by atoms with E-state index in [1.807, 2.05) is 45.0 Å². The quantitative estimate of drug-likeness (QED) is 0.533. The van der Waals surface area contributed by atoms with Crippen LogP contribution in [0.3, 0.4) is 0 Å². The van der Waals surface area contributed by atoms with Gasteiger partial charge in [0.1, 0.15) is 0 Å². The van der Waals surface area contributed by atoms with E-state index < -0.39 is 10.0 Å². The van der Waals surface area contributed by atoms with Crippen LogP contribution in [0.25, 0.3) is 0 Å². The second-order valence-corrected chi connectivity index (χ2v) is 9.94. The second-order valence-electron chi connectivity index (χ2n) is 7.63. The maximum absolute atomic E-state index is 12.6. The van der Waals surface area contributed by atoms with Gasteiger partial charge in [0.05, 0.1) is 18.5 Å². The molecule has 1 N–H and O–H groups in total. The molecule has 0 saturated carbocycles. The van der Waals surface area contributed by atoms with Gasteiger partial charge in [-0.15, -0.1) is 0 Å². The predicted molar refractivity (Wildman–Crippen MR) is 128 cm³/mol. The van der Waals surface area contributed by atoms with Gasteiger partial charge in [-0.3, -0.25) is 9.10 Å². The molecule has 5 nitrogen and oxygen atoms in total. The van der Waals surface area contributed by atoms with Crippen LogP contribution < -0.4 is 9.62 Å². The van der Waals surface area contributed by atoms with Gasteiger partial charge in [-0.1, -0.05) is 48.0 Å². The van der Waals surface area contributed by atoms with E-state index >= 15 is 0 Å². The molecule has 3 aromatic rings. The normalized spacial score (nSPS) is 11.3. The Bertz CT molecular complexity index is 1200. The first-order chi connectivity index (χ1) is 14.6. The molecule has 0 aliphatic carbocycles. The van der Waals surface area contributed by atoms with Gasteiger partial charge in [0.25, 0.3) is 5.91 Å². The molecule has 0 heterocycles. The van der Waals surface area contributed by atoms with E-state index in [1.165, 1.54) is 10.6 Å². The summed E-state index contributed by atoms with van der Waals surface area (Å²) >= 11 is 6.12. The number of amides is 1. The van der Waals surface area contributed by atoms with Crippen molar-refractivity contribution in [3.63, 3.8) is 0 Å². The Labute approximate surface area is 188 Å². The molecule has 0 unspecified atom stereocenters. The maximum atomic E-state index is 12.6. The van der Waals surface area contributed by atoms with Crippen LogP contribution in [0.2, 0.25) is 5.02 Å². The van der Waals surface area contributed by atoms with Crippen molar-refractivity contribution in [1.29, 1.82) is 0 Å². The van der Waals surface area contributed by atoms with Crippen LogP contribution in [-0.4, -0.2) is 20.6 Å². The summed E-state index contributed by atoms with van der Waals surface area (Å²) in [7, 11) is -3.49. The molecule has 0 saturated heterocycles. The highest BCUT2D eigenvalue weighted by Gasteiger charge is 2.21. The van der Waals surface area contributed by atoms with Crippen LogP contribution in [0.15, 0.2) is 60.7 Å². The van der Waals surface area contributed by atoms with Crippen molar-refractivity contribution in [2.24, 2.45) is 0 Å². The molecule has 0 aromatic heterocycles. The molecule has 0 fully saturated rings. The smallest absolute Gasteiger partial charge is 0.255 e. The minimum Gasteiger partial charge on any atom is -0.322 e. The first kappa shape index (κ1) is 22.8. The number of anilines is 2. The topological polar surface area (TPSA) is 66.5 Å². The SMILES string of the molecule is Cc1ccc(NC(=O)c2ccc(CN(c3c(C)cccc3C)S(C)(=O)=O)cc2)cc1Cl. The number of nitrogens with zero attached hydrogens (tertiary/aromatic N) is 1. The Hall–Kier alpha value is -2.83. The lowest BCUT2D eigenvalue weighted by molar-refractivity contribution is 0.102. The zero-order valence-electron chi connectivity index (χ0n) is 17.9. The fraction of sp³-hybridized carbons (Fsp3) is 0.208. The monoisotopic (exact) mass is 456 g/mol. The van der Waals surface area contributed by atoms with Gasteiger partial charge in [-0.2, -0.15) is 0 Å². The molecule has 1 amide bonds. The maximum Gasteiger partial charge on any atom is 0.255 e. The van der Waals surface area contributed by atoms with Gasteiger partial charge >= 0.3 is 0 Å². The van der Waals surface area contributed by atoms with Gasteiger partial charge in [-0.05, 0) is 67.3 Å². The van der Waals surface area contributed by atoms with E-state index in [1.54, 1.807) is 36.4 Å². The number of aryl methyl sites for hydroxylation is 3. The number of carbonyl (C=O) groups excluding carboxylic acids is 1. The lowest BCUT2D eigenvalue weighted by Gasteiger charge is -2.26. The molecule has 0 radical (unpaired) electrons. The van der Waals surface area contributed by atoms with Gasteiger partial charge in [-0.25, -0.2) is 8.42 Å². The van der Waals surface area contributed by atoms with Crippen molar-refractivity contribution in [2.75, 3.05) is 15.9 Å². The van der Waals surface area contributed by atoms with Crippen LogP contribution in [0, 0.1) is 20.8 Å². The van der Waals surface area contributed by atoms with E-state index in [-0.39, 0.29) is 12.5 Å². The molecule has 0 aliphatic heterocycles. The second kappa shape index (κ2) is 9.12. The molecule has 0 bridgehead atoms. The summed E-state index contributed by atoms with van der Waals surface area (Å²) in [4.78, 5) is 12.6. The minimum absolute atomic E-state index is 0.181. The number of nitrogens with one attached hydrogen (secondary N) is 1. The molecule has 162 valence electrons. The molecule has 7 heteroatoms. The predicted octanol–water partition coefficient (Wildman–Crippen LogP) is 5.48. The van der Waals surface area contributed by atoms with E-state index in [9.17, 15) is 13.2 Å².